The number of rotatable bonds is 4. The zero-order valence-corrected chi connectivity index (χ0v) is 33.6. The first-order valence-corrected chi connectivity index (χ1v) is 21.4. The Morgan fingerprint density at radius 1 is 0.355 bits per heavy atom. The van der Waals surface area contributed by atoms with Crippen LogP contribution < -0.4 is 4.90 Å². The fourth-order valence-corrected chi connectivity index (χ4v) is 11.4. The van der Waals surface area contributed by atoms with Gasteiger partial charge in [-0.25, -0.2) is 0 Å². The molecule has 0 radical (unpaired) electrons. The molecule has 0 unspecified atom stereocenters. The highest BCUT2D eigenvalue weighted by atomic mass is 16.3. The highest BCUT2D eigenvalue weighted by Crippen LogP contribution is 2.62. The third-order valence-corrected chi connectivity index (χ3v) is 13.8. The van der Waals surface area contributed by atoms with Crippen LogP contribution in [0.1, 0.15) is 22.3 Å². The number of benzene rings is 10. The number of para-hydroxylation sites is 3. The summed E-state index contributed by atoms with van der Waals surface area (Å²) < 4.78 is 8.84. The lowest BCUT2D eigenvalue weighted by atomic mass is 9.61. The Morgan fingerprint density at radius 2 is 0.935 bits per heavy atom. The highest BCUT2D eigenvalue weighted by Gasteiger charge is 2.50. The summed E-state index contributed by atoms with van der Waals surface area (Å²) in [6, 6.07) is 80.4. The predicted octanol–water partition coefficient (Wildman–Crippen LogP) is 15.6. The molecule has 2 aromatic heterocycles. The number of nitrogens with zero attached hydrogens (tertiary/aromatic N) is 2. The summed E-state index contributed by atoms with van der Waals surface area (Å²) >= 11 is 0. The van der Waals surface area contributed by atoms with Crippen LogP contribution in [-0.2, 0) is 5.41 Å². The molecule has 0 saturated carbocycles. The van der Waals surface area contributed by atoms with Crippen molar-refractivity contribution in [1.82, 2.24) is 4.57 Å². The van der Waals surface area contributed by atoms with Crippen molar-refractivity contribution in [2.24, 2.45) is 0 Å². The monoisotopic (exact) mass is 788 g/mol. The Hall–Kier alpha value is -8.14. The Kier molecular flexibility index (Phi) is 6.76. The van der Waals surface area contributed by atoms with Gasteiger partial charge in [-0.15, -0.1) is 0 Å². The molecule has 14 rings (SSSR count). The third kappa shape index (κ3) is 4.34. The highest BCUT2D eigenvalue weighted by molar-refractivity contribution is 6.14. The van der Waals surface area contributed by atoms with Crippen molar-refractivity contribution in [1.29, 1.82) is 0 Å². The molecule has 0 bridgehead atoms. The number of aromatic nitrogens is 1. The molecule has 1 spiro atoms. The zero-order valence-electron chi connectivity index (χ0n) is 33.6. The number of fused-ring (bicyclic) bond motifs is 15. The fourth-order valence-electron chi connectivity index (χ4n) is 11.4. The fraction of sp³-hybridized carbons (Fsp3) is 0.0169. The van der Waals surface area contributed by atoms with Crippen LogP contribution in [0, 0.1) is 0 Å². The van der Waals surface area contributed by atoms with Gasteiger partial charge in [0.25, 0.3) is 0 Å². The van der Waals surface area contributed by atoms with E-state index in [9.17, 15) is 0 Å². The lowest BCUT2D eigenvalue weighted by Crippen LogP contribution is -2.31. The van der Waals surface area contributed by atoms with Gasteiger partial charge >= 0.3 is 0 Å². The number of hydrogen-bond donors (Lipinski definition) is 0. The smallest absolute Gasteiger partial charge is 0.137 e. The molecule has 3 nitrogen and oxygen atoms in total. The second kappa shape index (κ2) is 12.4. The normalized spacial score (nSPS) is 13.3. The molecule has 3 heteroatoms. The average Bonchev–Trinajstić information content (AvgIpc) is 3.97. The van der Waals surface area contributed by atoms with Crippen molar-refractivity contribution >= 4 is 71.6 Å². The molecule has 2 aliphatic carbocycles. The molecule has 0 amide bonds. The molecule has 2 aliphatic rings. The van der Waals surface area contributed by atoms with Gasteiger partial charge in [-0.05, 0) is 104 Å². The van der Waals surface area contributed by atoms with Gasteiger partial charge in [-0.2, -0.15) is 0 Å². The van der Waals surface area contributed by atoms with E-state index >= 15 is 0 Å². The lowest BCUT2D eigenvalue weighted by molar-refractivity contribution is 0.668. The van der Waals surface area contributed by atoms with Crippen LogP contribution in [0.3, 0.4) is 0 Å². The van der Waals surface area contributed by atoms with E-state index in [1.165, 1.54) is 66.1 Å². The summed E-state index contributed by atoms with van der Waals surface area (Å²) in [6.45, 7) is 0. The SMILES string of the molecule is c1ccc(N(c2ccc3c4ccccc4n(-c4ccc5c(c4)oc4ccccc45)c3c2)c2ccc3c4c(cccc24)C2(c4ccccc4-c4ccccc42)c2ccccc2-3)cc1. The van der Waals surface area contributed by atoms with E-state index in [0.717, 1.165) is 55.7 Å². The van der Waals surface area contributed by atoms with Crippen LogP contribution in [0.5, 0.6) is 0 Å². The average molecular weight is 789 g/mol. The van der Waals surface area contributed by atoms with Gasteiger partial charge in [0.05, 0.1) is 22.1 Å². The summed E-state index contributed by atoms with van der Waals surface area (Å²) in [5.74, 6) is 0. The van der Waals surface area contributed by atoms with Gasteiger partial charge in [0.15, 0.2) is 0 Å². The number of furan rings is 1. The molecule has 0 N–H and O–H groups in total. The second-order valence-corrected chi connectivity index (χ2v) is 16.8. The molecule has 2 heterocycles. The van der Waals surface area contributed by atoms with E-state index in [2.05, 4.69) is 216 Å². The van der Waals surface area contributed by atoms with E-state index in [4.69, 9.17) is 4.42 Å². The van der Waals surface area contributed by atoms with Crippen LogP contribution in [0.2, 0.25) is 0 Å². The maximum Gasteiger partial charge on any atom is 0.137 e. The first-order chi connectivity index (χ1) is 30.8. The van der Waals surface area contributed by atoms with Crippen molar-refractivity contribution in [3.8, 4) is 27.9 Å². The standard InChI is InChI=1S/C59H36N2O/c1-2-15-37(16-3-1)60(38-29-31-44-43-20-7-12-27-53(43)61(55(44)35-38)39-30-32-46-45-21-8-13-28-56(45)62-57(46)36-39)54-34-33-47-42-19-6-11-25-51(42)59(52-26-14-22-48(54)58(47)52)49-23-9-4-17-40(49)41-18-5-10-24-50(41)59/h1-36H. The molecule has 0 atom stereocenters. The van der Waals surface area contributed by atoms with Crippen molar-refractivity contribution in [3.05, 3.63) is 241 Å². The summed E-state index contributed by atoms with van der Waals surface area (Å²) in [5, 5.41) is 7.19. The predicted molar refractivity (Wildman–Crippen MR) is 257 cm³/mol. The molecule has 12 aromatic rings. The summed E-state index contributed by atoms with van der Waals surface area (Å²) in [4.78, 5) is 2.45. The summed E-state index contributed by atoms with van der Waals surface area (Å²) in [6.07, 6.45) is 0. The quantitative estimate of drug-likeness (QED) is 0.177. The van der Waals surface area contributed by atoms with Gasteiger partial charge in [0.2, 0.25) is 0 Å². The minimum atomic E-state index is -0.465. The van der Waals surface area contributed by atoms with E-state index in [0.29, 0.717) is 0 Å². The summed E-state index contributed by atoms with van der Waals surface area (Å²) in [5.41, 5.74) is 18.5. The minimum Gasteiger partial charge on any atom is -0.456 e. The van der Waals surface area contributed by atoms with E-state index in [-0.39, 0.29) is 0 Å². The molecule has 62 heavy (non-hydrogen) atoms. The summed E-state index contributed by atoms with van der Waals surface area (Å²) in [7, 11) is 0. The molecule has 0 fully saturated rings. The first-order valence-electron chi connectivity index (χ1n) is 21.4. The van der Waals surface area contributed by atoms with Crippen LogP contribution in [0.25, 0.3) is 82.5 Å². The van der Waals surface area contributed by atoms with Crippen LogP contribution in [0.15, 0.2) is 223 Å². The molecular weight excluding hydrogens is 753 g/mol. The van der Waals surface area contributed by atoms with Gasteiger partial charge in [0.1, 0.15) is 11.2 Å². The Bertz CT molecular complexity index is 3790. The largest absolute Gasteiger partial charge is 0.456 e. The van der Waals surface area contributed by atoms with Gasteiger partial charge < -0.3 is 13.9 Å². The van der Waals surface area contributed by atoms with Crippen LogP contribution in [0.4, 0.5) is 17.1 Å². The van der Waals surface area contributed by atoms with Crippen LogP contribution in [-0.4, -0.2) is 4.57 Å². The molecule has 0 saturated heterocycles. The number of hydrogen-bond acceptors (Lipinski definition) is 2. The van der Waals surface area contributed by atoms with Gasteiger partial charge in [-0.3, -0.25) is 0 Å². The Morgan fingerprint density at radius 3 is 1.71 bits per heavy atom. The molecule has 288 valence electrons. The zero-order chi connectivity index (χ0) is 40.5. The minimum absolute atomic E-state index is 0.465. The third-order valence-electron chi connectivity index (χ3n) is 13.8. The van der Waals surface area contributed by atoms with Crippen LogP contribution >= 0.6 is 0 Å². The Balaban J connectivity index is 1.04. The molecule has 10 aromatic carbocycles. The van der Waals surface area contributed by atoms with Crippen molar-refractivity contribution in [2.45, 2.75) is 5.41 Å². The Labute approximate surface area is 358 Å². The molecule has 0 aliphatic heterocycles. The van der Waals surface area contributed by atoms with Crippen molar-refractivity contribution < 1.29 is 4.42 Å². The molecular formula is C59H36N2O. The van der Waals surface area contributed by atoms with E-state index in [1.807, 2.05) is 12.1 Å². The maximum absolute atomic E-state index is 6.44. The van der Waals surface area contributed by atoms with Crippen molar-refractivity contribution in [2.75, 3.05) is 4.90 Å². The first kappa shape index (κ1) is 33.7. The maximum atomic E-state index is 6.44. The second-order valence-electron chi connectivity index (χ2n) is 16.8. The topological polar surface area (TPSA) is 21.3 Å². The van der Waals surface area contributed by atoms with E-state index < -0.39 is 5.41 Å². The lowest BCUT2D eigenvalue weighted by Gasteiger charge is -2.40. The number of anilines is 3. The van der Waals surface area contributed by atoms with Gasteiger partial charge in [-0.1, -0.05) is 158 Å². The van der Waals surface area contributed by atoms with Crippen molar-refractivity contribution in [3.63, 3.8) is 0 Å². The van der Waals surface area contributed by atoms with Gasteiger partial charge in [0, 0.05) is 50.1 Å². The van der Waals surface area contributed by atoms with E-state index in [1.54, 1.807) is 0 Å².